The minimum absolute atomic E-state index is 0.0115. The van der Waals surface area contributed by atoms with Gasteiger partial charge in [0.05, 0.1) is 0 Å². The lowest BCUT2D eigenvalue weighted by Gasteiger charge is -2.11. The predicted molar refractivity (Wildman–Crippen MR) is 47.0 cm³/mol. The van der Waals surface area contributed by atoms with Gasteiger partial charge < -0.3 is 9.47 Å². The molecule has 1 rings (SSSR count). The van der Waals surface area contributed by atoms with Gasteiger partial charge in [0.1, 0.15) is 11.5 Å². The van der Waals surface area contributed by atoms with Crippen LogP contribution in [-0.2, 0) is 0 Å². The maximum absolute atomic E-state index is 11.8. The van der Waals surface area contributed by atoms with Crippen molar-refractivity contribution in [2.24, 2.45) is 0 Å². The lowest BCUT2D eigenvalue weighted by Crippen LogP contribution is -2.17. The van der Waals surface area contributed by atoms with E-state index < -0.39 is 24.5 Å². The Labute approximate surface area is 92.4 Å². The van der Waals surface area contributed by atoms with E-state index in [4.69, 9.17) is 0 Å². The van der Waals surface area contributed by atoms with Crippen molar-refractivity contribution in [1.82, 2.24) is 0 Å². The van der Waals surface area contributed by atoms with Gasteiger partial charge in [-0.3, -0.25) is 0 Å². The Morgan fingerprint density at radius 2 is 1.62 bits per heavy atom. The molecule has 0 N–H and O–H groups in total. The molecule has 0 aliphatic heterocycles. The van der Waals surface area contributed by atoms with Crippen LogP contribution in [0.1, 0.15) is 0 Å². The number of thiol groups is 1. The lowest BCUT2D eigenvalue weighted by molar-refractivity contribution is -0.274. The topological polar surface area (TPSA) is 18.5 Å². The van der Waals surface area contributed by atoms with Gasteiger partial charge in [0, 0.05) is 11.0 Å². The summed E-state index contributed by atoms with van der Waals surface area (Å²) in [7, 11) is 0. The SMILES string of the molecule is FC(F)Oc1cc(S)cc(OC(F)(F)F)c1. The van der Waals surface area contributed by atoms with Crippen molar-refractivity contribution < 1.29 is 31.4 Å². The van der Waals surface area contributed by atoms with Crippen LogP contribution >= 0.6 is 12.6 Å². The zero-order chi connectivity index (χ0) is 12.3. The molecule has 0 radical (unpaired) electrons. The summed E-state index contributed by atoms with van der Waals surface area (Å²) in [6.45, 7) is -3.13. The first-order valence-electron chi connectivity index (χ1n) is 3.81. The summed E-state index contributed by atoms with van der Waals surface area (Å²) in [5, 5.41) is 0. The summed E-state index contributed by atoms with van der Waals surface area (Å²) in [6, 6.07) is 2.66. The van der Waals surface area contributed by atoms with E-state index in [1.807, 2.05) is 0 Å². The molecule has 0 unspecified atom stereocenters. The number of hydrogen-bond acceptors (Lipinski definition) is 3. The molecule has 0 bridgehead atoms. The molecule has 1 aromatic rings. The Morgan fingerprint density at radius 1 is 1.06 bits per heavy atom. The molecule has 0 fully saturated rings. The Kier molecular flexibility index (Phi) is 3.84. The van der Waals surface area contributed by atoms with Crippen LogP contribution in [0.3, 0.4) is 0 Å². The van der Waals surface area contributed by atoms with Crippen LogP contribution in [0.15, 0.2) is 23.1 Å². The summed E-state index contributed by atoms with van der Waals surface area (Å²) < 4.78 is 66.6. The van der Waals surface area contributed by atoms with Crippen molar-refractivity contribution in [2.45, 2.75) is 17.9 Å². The van der Waals surface area contributed by atoms with Crippen molar-refractivity contribution in [3.8, 4) is 11.5 Å². The number of alkyl halides is 5. The molecule has 0 atom stereocenters. The van der Waals surface area contributed by atoms with E-state index in [-0.39, 0.29) is 4.90 Å². The van der Waals surface area contributed by atoms with Crippen LogP contribution in [0.2, 0.25) is 0 Å². The first kappa shape index (κ1) is 12.9. The van der Waals surface area contributed by atoms with Crippen LogP contribution in [0.25, 0.3) is 0 Å². The molecule has 2 nitrogen and oxygen atoms in total. The lowest BCUT2D eigenvalue weighted by atomic mass is 10.3. The Morgan fingerprint density at radius 3 is 2.12 bits per heavy atom. The highest BCUT2D eigenvalue weighted by molar-refractivity contribution is 7.80. The molecule has 0 heterocycles. The van der Waals surface area contributed by atoms with Crippen molar-refractivity contribution >= 4 is 12.6 Å². The van der Waals surface area contributed by atoms with Gasteiger partial charge in [0.15, 0.2) is 0 Å². The second kappa shape index (κ2) is 4.77. The quantitative estimate of drug-likeness (QED) is 0.662. The number of ether oxygens (including phenoxy) is 2. The van der Waals surface area contributed by atoms with Gasteiger partial charge in [-0.05, 0) is 12.1 Å². The summed E-state index contributed by atoms with van der Waals surface area (Å²) >= 11 is 3.72. The maximum atomic E-state index is 11.8. The minimum atomic E-state index is -4.90. The number of rotatable bonds is 3. The minimum Gasteiger partial charge on any atom is -0.435 e. The molecule has 0 aromatic heterocycles. The first-order valence-corrected chi connectivity index (χ1v) is 4.25. The van der Waals surface area contributed by atoms with Gasteiger partial charge in [-0.1, -0.05) is 0 Å². The van der Waals surface area contributed by atoms with Crippen molar-refractivity contribution in [1.29, 1.82) is 0 Å². The third kappa shape index (κ3) is 4.56. The third-order valence-corrected chi connectivity index (χ3v) is 1.58. The molecule has 0 saturated carbocycles. The molecule has 0 aliphatic rings. The second-order valence-corrected chi connectivity index (χ2v) is 3.11. The number of benzene rings is 1. The van der Waals surface area contributed by atoms with E-state index in [0.717, 1.165) is 12.1 Å². The van der Waals surface area contributed by atoms with E-state index in [9.17, 15) is 22.0 Å². The predicted octanol–water partition coefficient (Wildman–Crippen LogP) is 3.48. The standard InChI is InChI=1S/C8H5F5O2S/c9-7(10)14-4-1-5(3-6(16)2-4)15-8(11,12)13/h1-3,7,16H. The van der Waals surface area contributed by atoms with Crippen molar-refractivity contribution in [2.75, 3.05) is 0 Å². The van der Waals surface area contributed by atoms with Crippen LogP contribution < -0.4 is 9.47 Å². The van der Waals surface area contributed by atoms with Crippen LogP contribution in [0, 0.1) is 0 Å². The van der Waals surface area contributed by atoms with E-state index >= 15 is 0 Å². The summed E-state index contributed by atoms with van der Waals surface area (Å²) in [4.78, 5) is 0.0115. The van der Waals surface area contributed by atoms with E-state index in [0.29, 0.717) is 6.07 Å². The second-order valence-electron chi connectivity index (χ2n) is 2.59. The smallest absolute Gasteiger partial charge is 0.435 e. The summed E-state index contributed by atoms with van der Waals surface area (Å²) in [5.74, 6) is -1.13. The molecule has 90 valence electrons. The highest BCUT2D eigenvalue weighted by atomic mass is 32.1. The summed E-state index contributed by atoms with van der Waals surface area (Å²) in [6.07, 6.45) is -4.90. The molecule has 16 heavy (non-hydrogen) atoms. The molecule has 8 heteroatoms. The molecular formula is C8H5F5O2S. The molecule has 0 saturated heterocycles. The monoisotopic (exact) mass is 260 g/mol. The molecule has 0 aliphatic carbocycles. The van der Waals surface area contributed by atoms with Crippen LogP contribution in [-0.4, -0.2) is 13.0 Å². The van der Waals surface area contributed by atoms with Crippen LogP contribution in [0.5, 0.6) is 11.5 Å². The van der Waals surface area contributed by atoms with Gasteiger partial charge in [-0.2, -0.15) is 8.78 Å². The maximum Gasteiger partial charge on any atom is 0.573 e. The Bertz CT molecular complexity index is 366. The van der Waals surface area contributed by atoms with Gasteiger partial charge in [-0.15, -0.1) is 25.8 Å². The number of hydrogen-bond donors (Lipinski definition) is 1. The zero-order valence-corrected chi connectivity index (χ0v) is 8.36. The van der Waals surface area contributed by atoms with Crippen molar-refractivity contribution in [3.63, 3.8) is 0 Å². The fourth-order valence-electron chi connectivity index (χ4n) is 0.920. The van der Waals surface area contributed by atoms with Gasteiger partial charge in [0.25, 0.3) is 0 Å². The Hall–Kier alpha value is -1.18. The number of halogens is 5. The normalized spacial score (nSPS) is 11.7. The van der Waals surface area contributed by atoms with Gasteiger partial charge in [0.2, 0.25) is 0 Å². The van der Waals surface area contributed by atoms with Gasteiger partial charge in [-0.25, -0.2) is 0 Å². The largest absolute Gasteiger partial charge is 0.573 e. The van der Waals surface area contributed by atoms with E-state index in [2.05, 4.69) is 22.1 Å². The molecule has 0 spiro atoms. The van der Waals surface area contributed by atoms with Crippen LogP contribution in [0.4, 0.5) is 22.0 Å². The first-order chi connectivity index (χ1) is 7.26. The Balaban J connectivity index is 2.90. The molecule has 1 aromatic carbocycles. The van der Waals surface area contributed by atoms with E-state index in [1.54, 1.807) is 0 Å². The third-order valence-electron chi connectivity index (χ3n) is 1.32. The fraction of sp³-hybridized carbons (Fsp3) is 0.250. The molecular weight excluding hydrogens is 255 g/mol. The highest BCUT2D eigenvalue weighted by Crippen LogP contribution is 2.30. The average molecular weight is 260 g/mol. The fourth-order valence-corrected chi connectivity index (χ4v) is 1.17. The van der Waals surface area contributed by atoms with E-state index in [1.165, 1.54) is 0 Å². The summed E-state index contributed by atoms with van der Waals surface area (Å²) in [5.41, 5.74) is 0. The zero-order valence-electron chi connectivity index (χ0n) is 7.46. The highest BCUT2D eigenvalue weighted by Gasteiger charge is 2.31. The van der Waals surface area contributed by atoms with Crippen molar-refractivity contribution in [3.05, 3.63) is 18.2 Å². The average Bonchev–Trinajstić information content (AvgIpc) is 1.96. The van der Waals surface area contributed by atoms with Gasteiger partial charge >= 0.3 is 13.0 Å². The molecule has 0 amide bonds.